The third-order valence-electron chi connectivity index (χ3n) is 9.95. The Morgan fingerprint density at radius 1 is 0.400 bits per heavy atom. The Kier molecular flexibility index (Phi) is 12.0. The van der Waals surface area contributed by atoms with Gasteiger partial charge in [-0.05, 0) is 83.2 Å². The maximum atomic E-state index is 13.5. The van der Waals surface area contributed by atoms with Crippen molar-refractivity contribution >= 4 is 64.4 Å². The summed E-state index contributed by atoms with van der Waals surface area (Å²) in [4.78, 5) is 37.0. The van der Waals surface area contributed by atoms with E-state index in [9.17, 15) is 9.59 Å². The zero-order valence-corrected chi connectivity index (χ0v) is 36.0. The van der Waals surface area contributed by atoms with Gasteiger partial charge in [-0.25, -0.2) is 9.97 Å². The molecular formula is C52H38Br2N4O2. The second-order valence-corrected chi connectivity index (χ2v) is 15.5. The fourth-order valence-corrected chi connectivity index (χ4v) is 7.79. The molecule has 60 heavy (non-hydrogen) atoms. The lowest BCUT2D eigenvalue weighted by atomic mass is 10.0. The van der Waals surface area contributed by atoms with Gasteiger partial charge in [0.1, 0.15) is 11.6 Å². The van der Waals surface area contributed by atoms with Crippen LogP contribution in [0.2, 0.25) is 0 Å². The van der Waals surface area contributed by atoms with Gasteiger partial charge >= 0.3 is 0 Å². The Hall–Kier alpha value is -6.74. The lowest BCUT2D eigenvalue weighted by Gasteiger charge is -2.15. The summed E-state index contributed by atoms with van der Waals surface area (Å²) in [7, 11) is 0. The number of aromatic nitrogens is 4. The Morgan fingerprint density at radius 2 is 0.933 bits per heavy atom. The van der Waals surface area contributed by atoms with E-state index in [4.69, 9.17) is 9.97 Å². The van der Waals surface area contributed by atoms with Crippen LogP contribution in [0.1, 0.15) is 13.8 Å². The molecule has 0 saturated carbocycles. The Morgan fingerprint density at radius 3 is 1.60 bits per heavy atom. The average molecular weight is 911 g/mol. The standard InChI is InChI=1S/C26H17BrN2O.C24H15BrN2O.C2H6/c27-21-14-15-24-23(17-21)26(30)29(22-12-5-2-6-13-22)25(28-24)20-11-7-10-19(16-20)18-8-3-1-4-9-18;25-18-13-10-17(11-14-18)23-26-22-20-9-5-4-6-16(20)12-15-21(22)24(28)27(23)19-7-2-1-3-8-19;1-2/h1-17H;1-15H;1-2H3. The average Bonchev–Trinajstić information content (AvgIpc) is 3.31. The summed E-state index contributed by atoms with van der Waals surface area (Å²) < 4.78 is 5.22. The van der Waals surface area contributed by atoms with Gasteiger partial charge in [0, 0.05) is 25.5 Å². The van der Waals surface area contributed by atoms with E-state index in [-0.39, 0.29) is 11.1 Å². The molecule has 6 nitrogen and oxygen atoms in total. The minimum absolute atomic E-state index is 0.0696. The molecule has 8 heteroatoms. The molecule has 0 aliphatic heterocycles. The highest BCUT2D eigenvalue weighted by Gasteiger charge is 2.17. The summed E-state index contributed by atoms with van der Waals surface area (Å²) >= 11 is 6.95. The number of halogens is 2. The third kappa shape index (κ3) is 8.12. The van der Waals surface area contributed by atoms with Gasteiger partial charge in [-0.1, -0.05) is 173 Å². The molecule has 0 atom stereocenters. The molecule has 0 bridgehead atoms. The zero-order valence-electron chi connectivity index (χ0n) is 32.8. The van der Waals surface area contributed by atoms with Crippen LogP contribution < -0.4 is 11.1 Å². The van der Waals surface area contributed by atoms with Crippen LogP contribution in [0.5, 0.6) is 0 Å². The molecule has 0 aliphatic rings. The van der Waals surface area contributed by atoms with Crippen molar-refractivity contribution < 1.29 is 0 Å². The van der Waals surface area contributed by atoms with E-state index in [1.54, 1.807) is 9.13 Å². The first kappa shape index (κ1) is 40.1. The maximum absolute atomic E-state index is 13.5. The fourth-order valence-electron chi connectivity index (χ4n) is 7.17. The number of fused-ring (bicyclic) bond motifs is 4. The van der Waals surface area contributed by atoms with Gasteiger partial charge in [0.25, 0.3) is 11.1 Å². The number of hydrogen-bond acceptors (Lipinski definition) is 4. The second kappa shape index (κ2) is 18.0. The second-order valence-electron chi connectivity index (χ2n) is 13.6. The molecule has 292 valence electrons. The first-order chi connectivity index (χ1) is 29.4. The van der Waals surface area contributed by atoms with Crippen LogP contribution >= 0.6 is 31.9 Å². The van der Waals surface area contributed by atoms with Crippen LogP contribution in [-0.2, 0) is 0 Å². The summed E-state index contributed by atoms with van der Waals surface area (Å²) in [5.74, 6) is 1.26. The number of nitrogens with zero attached hydrogens (tertiary/aromatic N) is 4. The summed E-state index contributed by atoms with van der Waals surface area (Å²) in [6.07, 6.45) is 0. The smallest absolute Gasteiger partial charge is 0.266 e. The Balaban J connectivity index is 0.000000160. The van der Waals surface area contributed by atoms with Gasteiger partial charge in [0.2, 0.25) is 0 Å². The molecule has 0 N–H and O–H groups in total. The van der Waals surface area contributed by atoms with E-state index in [2.05, 4.69) is 56.1 Å². The minimum atomic E-state index is -0.0902. The van der Waals surface area contributed by atoms with Crippen LogP contribution in [0, 0.1) is 0 Å². The van der Waals surface area contributed by atoms with Gasteiger partial charge in [0.05, 0.1) is 33.2 Å². The van der Waals surface area contributed by atoms with Crippen LogP contribution in [0.15, 0.2) is 213 Å². The molecule has 0 radical (unpaired) electrons. The number of para-hydroxylation sites is 2. The van der Waals surface area contributed by atoms with Crippen molar-refractivity contribution in [2.75, 3.05) is 0 Å². The van der Waals surface area contributed by atoms with Crippen molar-refractivity contribution in [1.29, 1.82) is 0 Å². The van der Waals surface area contributed by atoms with E-state index in [1.807, 2.05) is 184 Å². The Bertz CT molecular complexity index is 3220. The lowest BCUT2D eigenvalue weighted by molar-refractivity contribution is 0.976. The predicted molar refractivity (Wildman–Crippen MR) is 255 cm³/mol. The first-order valence-corrected chi connectivity index (χ1v) is 21.2. The molecule has 0 unspecified atom stereocenters. The number of hydrogen-bond donors (Lipinski definition) is 0. The molecule has 2 aromatic heterocycles. The van der Waals surface area contributed by atoms with E-state index in [0.29, 0.717) is 27.9 Å². The third-order valence-corrected chi connectivity index (χ3v) is 11.0. The van der Waals surface area contributed by atoms with Crippen molar-refractivity contribution in [1.82, 2.24) is 19.1 Å². The van der Waals surface area contributed by atoms with E-state index >= 15 is 0 Å². The lowest BCUT2D eigenvalue weighted by Crippen LogP contribution is -2.22. The van der Waals surface area contributed by atoms with Gasteiger partial charge in [0.15, 0.2) is 0 Å². The normalized spacial score (nSPS) is 10.8. The molecule has 2 heterocycles. The zero-order chi connectivity index (χ0) is 41.6. The highest BCUT2D eigenvalue weighted by molar-refractivity contribution is 9.10. The molecule has 10 rings (SSSR count). The SMILES string of the molecule is CC.O=c1c2cc(Br)ccc2nc(-c2cccc(-c3ccccc3)c2)n1-c1ccccc1.O=c1c2ccc3ccccc3c2nc(-c2ccc(Br)cc2)n1-c1ccccc1. The topological polar surface area (TPSA) is 69.8 Å². The monoisotopic (exact) mass is 908 g/mol. The number of benzene rings is 8. The summed E-state index contributed by atoms with van der Waals surface area (Å²) in [5, 5.41) is 3.25. The molecule has 8 aromatic carbocycles. The predicted octanol–water partition coefficient (Wildman–Crippen LogP) is 13.5. The minimum Gasteiger partial charge on any atom is -0.268 e. The van der Waals surface area contributed by atoms with E-state index in [1.165, 1.54) is 0 Å². The van der Waals surface area contributed by atoms with Crippen molar-refractivity contribution in [2.24, 2.45) is 0 Å². The molecule has 10 aromatic rings. The molecule has 0 aliphatic carbocycles. The van der Waals surface area contributed by atoms with Crippen LogP contribution in [0.3, 0.4) is 0 Å². The fraction of sp³-hybridized carbons (Fsp3) is 0.0385. The maximum Gasteiger partial charge on any atom is 0.266 e. The van der Waals surface area contributed by atoms with Crippen molar-refractivity contribution in [3.8, 4) is 45.3 Å². The van der Waals surface area contributed by atoms with Gasteiger partial charge in [-0.15, -0.1) is 0 Å². The van der Waals surface area contributed by atoms with Crippen LogP contribution in [-0.4, -0.2) is 19.1 Å². The van der Waals surface area contributed by atoms with Crippen LogP contribution in [0.4, 0.5) is 0 Å². The molecular weight excluding hydrogens is 872 g/mol. The summed E-state index contributed by atoms with van der Waals surface area (Å²) in [6, 6.07) is 63.0. The van der Waals surface area contributed by atoms with Crippen molar-refractivity contribution in [3.05, 3.63) is 224 Å². The van der Waals surface area contributed by atoms with Crippen LogP contribution in [0.25, 0.3) is 77.9 Å². The number of rotatable bonds is 5. The van der Waals surface area contributed by atoms with E-state index in [0.717, 1.165) is 58.9 Å². The van der Waals surface area contributed by atoms with Gasteiger partial charge in [-0.2, -0.15) is 0 Å². The van der Waals surface area contributed by atoms with E-state index < -0.39 is 0 Å². The molecule has 0 fully saturated rings. The molecule has 0 spiro atoms. The van der Waals surface area contributed by atoms with Crippen molar-refractivity contribution in [2.45, 2.75) is 13.8 Å². The Labute approximate surface area is 364 Å². The van der Waals surface area contributed by atoms with Crippen molar-refractivity contribution in [3.63, 3.8) is 0 Å². The first-order valence-electron chi connectivity index (χ1n) is 19.6. The summed E-state index contributed by atoms with van der Waals surface area (Å²) in [6.45, 7) is 4.00. The molecule has 0 saturated heterocycles. The highest BCUT2D eigenvalue weighted by Crippen LogP contribution is 2.30. The quantitative estimate of drug-likeness (QED) is 0.161. The van der Waals surface area contributed by atoms with Gasteiger partial charge < -0.3 is 0 Å². The highest BCUT2D eigenvalue weighted by atomic mass is 79.9. The largest absolute Gasteiger partial charge is 0.268 e. The van der Waals surface area contributed by atoms with Gasteiger partial charge in [-0.3, -0.25) is 18.7 Å². The molecule has 0 amide bonds. The summed E-state index contributed by atoms with van der Waals surface area (Å²) in [5.41, 5.74) is 6.82.